The molecule has 0 amide bonds. The summed E-state index contributed by atoms with van der Waals surface area (Å²) in [5.74, 6) is 1.29. The third-order valence-corrected chi connectivity index (χ3v) is 5.57. The van der Waals surface area contributed by atoms with Crippen molar-refractivity contribution in [1.82, 2.24) is 19.7 Å². The highest BCUT2D eigenvalue weighted by atomic mass is 15.3. The number of nitriles is 1. The summed E-state index contributed by atoms with van der Waals surface area (Å²) in [4.78, 5) is 9.15. The third-order valence-electron chi connectivity index (χ3n) is 5.57. The Balaban J connectivity index is 1.28. The van der Waals surface area contributed by atoms with Gasteiger partial charge in [-0.1, -0.05) is 12.1 Å². The van der Waals surface area contributed by atoms with Gasteiger partial charge in [0, 0.05) is 30.2 Å². The van der Waals surface area contributed by atoms with E-state index in [-0.39, 0.29) is 5.92 Å². The molecule has 3 aromatic rings. The first kappa shape index (κ1) is 17.7. The number of aryl methyl sites for hydroxylation is 1. The highest BCUT2D eigenvalue weighted by Crippen LogP contribution is 2.37. The number of rotatable bonds is 7. The minimum atomic E-state index is 0.229. The molecule has 2 aliphatic carbocycles. The summed E-state index contributed by atoms with van der Waals surface area (Å²) in [5, 5.41) is 20.0. The van der Waals surface area contributed by atoms with Crippen LogP contribution in [-0.2, 0) is 0 Å². The maximum absolute atomic E-state index is 8.91. The van der Waals surface area contributed by atoms with Crippen LogP contribution in [0.3, 0.4) is 0 Å². The Morgan fingerprint density at radius 2 is 2.00 bits per heavy atom. The molecule has 2 fully saturated rings. The van der Waals surface area contributed by atoms with Crippen LogP contribution in [0.4, 0.5) is 17.3 Å². The molecule has 0 radical (unpaired) electrons. The molecule has 2 aliphatic rings. The summed E-state index contributed by atoms with van der Waals surface area (Å²) < 4.78 is 2.00. The van der Waals surface area contributed by atoms with E-state index in [1.165, 1.54) is 12.8 Å². The van der Waals surface area contributed by atoms with Crippen molar-refractivity contribution in [3.8, 4) is 17.3 Å². The van der Waals surface area contributed by atoms with Crippen LogP contribution in [0.25, 0.3) is 11.3 Å². The summed E-state index contributed by atoms with van der Waals surface area (Å²) in [7, 11) is 0. The van der Waals surface area contributed by atoms with Crippen molar-refractivity contribution in [2.24, 2.45) is 11.8 Å². The molecule has 5 rings (SSSR count). The van der Waals surface area contributed by atoms with E-state index in [2.05, 4.69) is 51.1 Å². The van der Waals surface area contributed by atoms with Crippen molar-refractivity contribution in [3.05, 3.63) is 48.4 Å². The Labute approximate surface area is 169 Å². The summed E-state index contributed by atoms with van der Waals surface area (Å²) in [5.41, 5.74) is 4.96. The van der Waals surface area contributed by atoms with Crippen LogP contribution in [0.5, 0.6) is 0 Å². The molecule has 2 N–H and O–H groups in total. The standard InChI is InChI=1S/C22H23N7/c1-14-10-25-22(27-19-12-26-29(13-19)20-6-7-20)28-21(14)15-2-4-18(5-3-15)24-11-17-8-16(17)9-23/h2-5,10,12-13,16-17,20,24H,6-8,11H2,1H3,(H,25,27,28). The van der Waals surface area contributed by atoms with E-state index in [4.69, 9.17) is 10.2 Å². The van der Waals surface area contributed by atoms with Gasteiger partial charge in [-0.2, -0.15) is 10.4 Å². The number of hydrogen-bond acceptors (Lipinski definition) is 6. The molecule has 29 heavy (non-hydrogen) atoms. The van der Waals surface area contributed by atoms with Crippen LogP contribution < -0.4 is 10.6 Å². The fourth-order valence-electron chi connectivity index (χ4n) is 3.49. The van der Waals surface area contributed by atoms with Crippen molar-refractivity contribution in [2.45, 2.75) is 32.2 Å². The fourth-order valence-corrected chi connectivity index (χ4v) is 3.49. The third kappa shape index (κ3) is 3.92. The molecule has 2 unspecified atom stereocenters. The van der Waals surface area contributed by atoms with E-state index in [0.29, 0.717) is 17.9 Å². The molecule has 1 aromatic carbocycles. The largest absolute Gasteiger partial charge is 0.385 e. The van der Waals surface area contributed by atoms with Crippen molar-refractivity contribution in [3.63, 3.8) is 0 Å². The molecule has 2 heterocycles. The van der Waals surface area contributed by atoms with Crippen LogP contribution in [0, 0.1) is 30.1 Å². The summed E-state index contributed by atoms with van der Waals surface area (Å²) in [6.07, 6.45) is 9.10. The summed E-state index contributed by atoms with van der Waals surface area (Å²) in [6.45, 7) is 2.87. The predicted octanol–water partition coefficient (Wildman–Crippen LogP) is 4.30. The van der Waals surface area contributed by atoms with Gasteiger partial charge in [-0.15, -0.1) is 0 Å². The first-order chi connectivity index (χ1) is 14.2. The van der Waals surface area contributed by atoms with E-state index in [0.717, 1.165) is 41.2 Å². The van der Waals surface area contributed by atoms with Gasteiger partial charge in [-0.25, -0.2) is 9.97 Å². The van der Waals surface area contributed by atoms with Crippen LogP contribution >= 0.6 is 0 Å². The molecular weight excluding hydrogens is 362 g/mol. The van der Waals surface area contributed by atoms with Crippen LogP contribution in [0.15, 0.2) is 42.9 Å². The monoisotopic (exact) mass is 385 g/mol. The van der Waals surface area contributed by atoms with Gasteiger partial charge >= 0.3 is 0 Å². The number of nitrogens with zero attached hydrogens (tertiary/aromatic N) is 5. The van der Waals surface area contributed by atoms with Crippen LogP contribution in [0.1, 0.15) is 30.9 Å². The average molecular weight is 385 g/mol. The molecule has 2 saturated carbocycles. The lowest BCUT2D eigenvalue weighted by atomic mass is 10.1. The molecule has 7 heteroatoms. The van der Waals surface area contributed by atoms with Gasteiger partial charge in [0.05, 0.1) is 35.6 Å². The Morgan fingerprint density at radius 1 is 1.17 bits per heavy atom. The zero-order valence-corrected chi connectivity index (χ0v) is 16.3. The molecular formula is C22H23N7. The van der Waals surface area contributed by atoms with Gasteiger partial charge in [0.15, 0.2) is 0 Å². The normalized spacial score (nSPS) is 20.1. The van der Waals surface area contributed by atoms with E-state index >= 15 is 0 Å². The molecule has 0 aliphatic heterocycles. The van der Waals surface area contributed by atoms with Gasteiger partial charge in [-0.3, -0.25) is 4.68 Å². The Morgan fingerprint density at radius 3 is 2.72 bits per heavy atom. The van der Waals surface area contributed by atoms with Gasteiger partial charge in [0.2, 0.25) is 5.95 Å². The number of hydrogen-bond donors (Lipinski definition) is 2. The maximum atomic E-state index is 8.91. The van der Waals surface area contributed by atoms with Crippen molar-refractivity contribution < 1.29 is 0 Å². The molecule has 0 saturated heterocycles. The van der Waals surface area contributed by atoms with E-state index in [1.54, 1.807) is 0 Å². The van der Waals surface area contributed by atoms with Crippen LogP contribution in [-0.4, -0.2) is 26.3 Å². The Hall–Kier alpha value is -3.40. The molecule has 2 aromatic heterocycles. The number of nitrogens with one attached hydrogen (secondary N) is 2. The molecule has 0 bridgehead atoms. The SMILES string of the molecule is Cc1cnc(Nc2cnn(C3CC3)c2)nc1-c1ccc(NCC2CC2C#N)cc1. The number of anilines is 3. The zero-order valence-electron chi connectivity index (χ0n) is 16.3. The topological polar surface area (TPSA) is 91.4 Å². The summed E-state index contributed by atoms with van der Waals surface area (Å²) in [6, 6.07) is 11.1. The van der Waals surface area contributed by atoms with Gasteiger partial charge in [0.1, 0.15) is 0 Å². The minimum absolute atomic E-state index is 0.229. The average Bonchev–Trinajstić information content (AvgIpc) is 3.67. The quantitative estimate of drug-likeness (QED) is 0.630. The minimum Gasteiger partial charge on any atom is -0.385 e. The fraction of sp³-hybridized carbons (Fsp3) is 0.364. The highest BCUT2D eigenvalue weighted by molar-refractivity contribution is 5.67. The van der Waals surface area contributed by atoms with Gasteiger partial charge < -0.3 is 10.6 Å². The maximum Gasteiger partial charge on any atom is 0.227 e. The van der Waals surface area contributed by atoms with Crippen LogP contribution in [0.2, 0.25) is 0 Å². The Kier molecular flexibility index (Phi) is 4.39. The zero-order chi connectivity index (χ0) is 19.8. The first-order valence-corrected chi connectivity index (χ1v) is 10.1. The molecule has 7 nitrogen and oxygen atoms in total. The second kappa shape index (κ2) is 7.21. The molecule has 146 valence electrons. The first-order valence-electron chi connectivity index (χ1n) is 10.1. The van der Waals surface area contributed by atoms with E-state index < -0.39 is 0 Å². The summed E-state index contributed by atoms with van der Waals surface area (Å²) >= 11 is 0. The van der Waals surface area contributed by atoms with E-state index in [9.17, 15) is 0 Å². The van der Waals surface area contributed by atoms with Crippen molar-refractivity contribution in [2.75, 3.05) is 17.2 Å². The Bertz CT molecular complexity index is 1060. The van der Waals surface area contributed by atoms with E-state index in [1.807, 2.05) is 30.2 Å². The van der Waals surface area contributed by atoms with Gasteiger partial charge in [-0.05, 0) is 49.8 Å². The molecule has 2 atom stereocenters. The lowest BCUT2D eigenvalue weighted by Crippen LogP contribution is -2.04. The number of benzene rings is 1. The molecule has 0 spiro atoms. The second-order valence-electron chi connectivity index (χ2n) is 7.98. The smallest absolute Gasteiger partial charge is 0.227 e. The van der Waals surface area contributed by atoms with Crippen molar-refractivity contribution in [1.29, 1.82) is 5.26 Å². The highest BCUT2D eigenvalue weighted by Gasteiger charge is 2.36. The predicted molar refractivity (Wildman–Crippen MR) is 112 cm³/mol. The lowest BCUT2D eigenvalue weighted by molar-refractivity contribution is 0.642. The van der Waals surface area contributed by atoms with Gasteiger partial charge in [0.25, 0.3) is 0 Å². The lowest BCUT2D eigenvalue weighted by Gasteiger charge is -2.10. The second-order valence-corrected chi connectivity index (χ2v) is 7.98. The number of aromatic nitrogens is 4. The van der Waals surface area contributed by atoms with Crippen molar-refractivity contribution >= 4 is 17.3 Å².